The summed E-state index contributed by atoms with van der Waals surface area (Å²) in [4.78, 5) is 0. The van der Waals surface area contributed by atoms with Crippen molar-refractivity contribution in [3.8, 4) is 5.75 Å². The molecule has 0 fully saturated rings. The molecule has 3 aromatic carbocycles. The molecule has 0 heterocycles. The van der Waals surface area contributed by atoms with E-state index in [-0.39, 0.29) is 12.4 Å². The Morgan fingerprint density at radius 2 is 1.74 bits per heavy atom. The number of hydrogen-bond acceptors (Lipinski definition) is 2. The van der Waals surface area contributed by atoms with Gasteiger partial charge in [-0.15, -0.1) is 0 Å². The molecule has 3 aromatic rings. The molecule has 0 aliphatic heterocycles. The summed E-state index contributed by atoms with van der Waals surface area (Å²) in [5.74, 6) is 0.345. The fraction of sp³-hybridized carbons (Fsp3) is 0.100. The summed E-state index contributed by atoms with van der Waals surface area (Å²) < 4.78 is 21.5. The minimum absolute atomic E-state index is 0.127. The molecule has 27 heavy (non-hydrogen) atoms. The molecular weight excluding hydrogens is 520 g/mol. The van der Waals surface area contributed by atoms with Crippen LogP contribution in [0.1, 0.15) is 11.1 Å². The average Bonchev–Trinajstić information content (AvgIpc) is 2.61. The molecule has 3 rings (SSSR count). The van der Waals surface area contributed by atoms with Gasteiger partial charge >= 0.3 is 0 Å². The van der Waals surface area contributed by atoms with Crippen LogP contribution in [0.25, 0.3) is 0 Å². The number of halogens is 5. The van der Waals surface area contributed by atoms with Gasteiger partial charge in [0.15, 0.2) is 0 Å². The maximum absolute atomic E-state index is 13.9. The molecule has 0 unspecified atom stereocenters. The van der Waals surface area contributed by atoms with Crippen LogP contribution in [0.5, 0.6) is 5.75 Å². The molecular formula is C20H14Br2Cl2FNO. The molecule has 0 radical (unpaired) electrons. The summed E-state index contributed by atoms with van der Waals surface area (Å²) in [6.07, 6.45) is 0. The van der Waals surface area contributed by atoms with Crippen LogP contribution in [0, 0.1) is 5.82 Å². The Bertz CT molecular complexity index is 969. The minimum Gasteiger partial charge on any atom is -0.487 e. The van der Waals surface area contributed by atoms with E-state index in [0.717, 1.165) is 20.2 Å². The minimum atomic E-state index is -0.293. The van der Waals surface area contributed by atoms with Crippen molar-refractivity contribution in [2.75, 3.05) is 5.32 Å². The van der Waals surface area contributed by atoms with E-state index >= 15 is 0 Å². The highest BCUT2D eigenvalue weighted by Gasteiger charge is 2.12. The van der Waals surface area contributed by atoms with E-state index in [2.05, 4.69) is 37.2 Å². The monoisotopic (exact) mass is 531 g/mol. The normalized spacial score (nSPS) is 10.7. The summed E-state index contributed by atoms with van der Waals surface area (Å²) in [5, 5.41) is 4.38. The van der Waals surface area contributed by atoms with E-state index in [9.17, 15) is 4.39 Å². The van der Waals surface area contributed by atoms with Crippen molar-refractivity contribution in [3.05, 3.63) is 90.5 Å². The van der Waals surface area contributed by atoms with Gasteiger partial charge < -0.3 is 10.1 Å². The molecule has 1 N–H and O–H groups in total. The number of anilines is 1. The lowest BCUT2D eigenvalue weighted by atomic mass is 10.2. The van der Waals surface area contributed by atoms with Gasteiger partial charge in [0, 0.05) is 27.2 Å². The Morgan fingerprint density at radius 1 is 0.963 bits per heavy atom. The molecule has 0 aromatic heterocycles. The predicted molar refractivity (Wildman–Crippen MR) is 116 cm³/mol. The average molecular weight is 534 g/mol. The first-order valence-corrected chi connectivity index (χ1v) is 10.3. The van der Waals surface area contributed by atoms with Gasteiger partial charge in [0.1, 0.15) is 18.2 Å². The number of benzene rings is 3. The highest BCUT2D eigenvalue weighted by atomic mass is 79.9. The Kier molecular flexibility index (Phi) is 7.04. The molecule has 0 aliphatic rings. The quantitative estimate of drug-likeness (QED) is 0.348. The lowest BCUT2D eigenvalue weighted by Gasteiger charge is -2.16. The van der Waals surface area contributed by atoms with Crippen molar-refractivity contribution >= 4 is 60.7 Å². The number of ether oxygens (including phenoxy) is 1. The second-order valence-electron chi connectivity index (χ2n) is 5.73. The predicted octanol–water partition coefficient (Wildman–Crippen LogP) is 7.85. The third-order valence-electron chi connectivity index (χ3n) is 3.82. The standard InChI is InChI=1S/C20H14Br2Cl2FNO/c21-14-7-13(10-26-19-6-5-15(23)9-17(19)24)20(16(22)8-14)27-11-12-3-1-2-4-18(12)25/h1-9,26H,10-11H2. The van der Waals surface area contributed by atoms with Crippen LogP contribution in [0.15, 0.2) is 63.5 Å². The van der Waals surface area contributed by atoms with Gasteiger partial charge in [-0.2, -0.15) is 0 Å². The van der Waals surface area contributed by atoms with E-state index in [0.29, 0.717) is 27.9 Å². The fourth-order valence-corrected chi connectivity index (χ4v) is 4.40. The topological polar surface area (TPSA) is 21.3 Å². The summed E-state index contributed by atoms with van der Waals surface area (Å²) in [5.41, 5.74) is 2.14. The van der Waals surface area contributed by atoms with Gasteiger partial charge in [-0.25, -0.2) is 4.39 Å². The van der Waals surface area contributed by atoms with Crippen molar-refractivity contribution in [3.63, 3.8) is 0 Å². The second-order valence-corrected chi connectivity index (χ2v) is 8.35. The van der Waals surface area contributed by atoms with E-state index in [1.54, 1.807) is 30.3 Å². The van der Waals surface area contributed by atoms with Crippen LogP contribution in [0.3, 0.4) is 0 Å². The maximum atomic E-state index is 13.9. The molecule has 140 valence electrons. The van der Waals surface area contributed by atoms with Crippen molar-refractivity contribution in [1.82, 2.24) is 0 Å². The van der Waals surface area contributed by atoms with E-state index < -0.39 is 0 Å². The molecule has 0 spiro atoms. The number of hydrogen-bond donors (Lipinski definition) is 1. The van der Waals surface area contributed by atoms with Crippen molar-refractivity contribution in [2.24, 2.45) is 0 Å². The first kappa shape index (κ1) is 20.5. The van der Waals surface area contributed by atoms with Gasteiger partial charge in [-0.1, -0.05) is 57.3 Å². The summed E-state index contributed by atoms with van der Waals surface area (Å²) >= 11 is 19.2. The van der Waals surface area contributed by atoms with Crippen molar-refractivity contribution in [2.45, 2.75) is 13.2 Å². The molecule has 0 saturated heterocycles. The molecule has 7 heteroatoms. The van der Waals surface area contributed by atoms with E-state index in [1.165, 1.54) is 6.07 Å². The Balaban J connectivity index is 1.81. The van der Waals surface area contributed by atoms with Crippen LogP contribution >= 0.6 is 55.1 Å². The number of rotatable bonds is 6. The lowest BCUT2D eigenvalue weighted by molar-refractivity contribution is 0.295. The molecule has 2 nitrogen and oxygen atoms in total. The SMILES string of the molecule is Fc1ccccc1COc1c(Br)cc(Br)cc1CNc1ccc(Cl)cc1Cl. The van der Waals surface area contributed by atoms with Crippen LogP contribution in [0.4, 0.5) is 10.1 Å². The molecule has 0 amide bonds. The van der Waals surface area contributed by atoms with Gasteiger partial charge in [0.25, 0.3) is 0 Å². The third kappa shape index (κ3) is 5.38. The van der Waals surface area contributed by atoms with Gasteiger partial charge in [0.05, 0.1) is 15.2 Å². The van der Waals surface area contributed by atoms with Crippen LogP contribution in [0.2, 0.25) is 10.0 Å². The van der Waals surface area contributed by atoms with Gasteiger partial charge in [0.2, 0.25) is 0 Å². The first-order chi connectivity index (χ1) is 12.9. The Labute approximate surface area is 183 Å². The third-order valence-corrected chi connectivity index (χ3v) is 5.41. The molecule has 0 atom stereocenters. The largest absolute Gasteiger partial charge is 0.487 e. The molecule has 0 aliphatic carbocycles. The van der Waals surface area contributed by atoms with Gasteiger partial charge in [-0.05, 0) is 52.3 Å². The summed E-state index contributed by atoms with van der Waals surface area (Å²) in [6.45, 7) is 0.591. The van der Waals surface area contributed by atoms with Gasteiger partial charge in [-0.3, -0.25) is 0 Å². The zero-order chi connectivity index (χ0) is 19.4. The maximum Gasteiger partial charge on any atom is 0.139 e. The van der Waals surface area contributed by atoms with Crippen LogP contribution < -0.4 is 10.1 Å². The Morgan fingerprint density at radius 3 is 2.48 bits per heavy atom. The highest BCUT2D eigenvalue weighted by Crippen LogP contribution is 2.35. The molecule has 0 bridgehead atoms. The summed E-state index contributed by atoms with van der Waals surface area (Å²) in [6, 6.07) is 15.6. The summed E-state index contributed by atoms with van der Waals surface area (Å²) in [7, 11) is 0. The zero-order valence-electron chi connectivity index (χ0n) is 13.9. The molecule has 0 saturated carbocycles. The lowest BCUT2D eigenvalue weighted by Crippen LogP contribution is -2.05. The second kappa shape index (κ2) is 9.28. The Hall–Kier alpha value is -1.27. The van der Waals surface area contributed by atoms with Crippen molar-refractivity contribution < 1.29 is 9.13 Å². The first-order valence-electron chi connectivity index (χ1n) is 7.97. The van der Waals surface area contributed by atoms with Crippen molar-refractivity contribution in [1.29, 1.82) is 0 Å². The fourth-order valence-electron chi connectivity index (χ4n) is 2.50. The smallest absolute Gasteiger partial charge is 0.139 e. The van der Waals surface area contributed by atoms with E-state index in [1.807, 2.05) is 18.2 Å². The zero-order valence-corrected chi connectivity index (χ0v) is 18.6. The van der Waals surface area contributed by atoms with Crippen LogP contribution in [-0.4, -0.2) is 0 Å². The van der Waals surface area contributed by atoms with E-state index in [4.69, 9.17) is 27.9 Å². The highest BCUT2D eigenvalue weighted by molar-refractivity contribution is 9.11. The number of nitrogens with one attached hydrogen (secondary N) is 1. The van der Waals surface area contributed by atoms with Crippen LogP contribution in [-0.2, 0) is 13.2 Å².